The van der Waals surface area contributed by atoms with Crippen LogP contribution in [0.15, 0.2) is 53.4 Å². The molecule has 2 aliphatic carbocycles. The Morgan fingerprint density at radius 3 is 2.37 bits per heavy atom. The second-order valence-electron chi connectivity index (χ2n) is 8.01. The predicted molar refractivity (Wildman–Crippen MR) is 116 cm³/mol. The molecule has 2 saturated carbocycles. The zero-order valence-corrected chi connectivity index (χ0v) is 18.3. The number of hydrogen-bond donors (Lipinski definition) is 1. The average Bonchev–Trinajstić information content (AvgIpc) is 3.36. The lowest BCUT2D eigenvalue weighted by molar-refractivity contribution is -0.120. The van der Waals surface area contributed by atoms with Gasteiger partial charge in [-0.2, -0.15) is 0 Å². The maximum Gasteiger partial charge on any atom is 0.264 e. The van der Waals surface area contributed by atoms with Crippen LogP contribution in [-0.2, 0) is 14.8 Å². The van der Waals surface area contributed by atoms with Crippen LogP contribution in [0, 0.1) is 11.8 Å². The van der Waals surface area contributed by atoms with Crippen molar-refractivity contribution in [3.63, 3.8) is 0 Å². The van der Waals surface area contributed by atoms with Gasteiger partial charge in [-0.05, 0) is 79.6 Å². The van der Waals surface area contributed by atoms with Gasteiger partial charge in [0.05, 0.1) is 17.7 Å². The van der Waals surface area contributed by atoms with Crippen molar-refractivity contribution in [2.45, 2.75) is 36.6 Å². The number of rotatable bonds is 7. The van der Waals surface area contributed by atoms with Crippen LogP contribution >= 0.6 is 11.6 Å². The molecule has 2 aliphatic rings. The van der Waals surface area contributed by atoms with Gasteiger partial charge in [0.2, 0.25) is 5.91 Å². The number of nitrogens with zero attached hydrogens (tertiary/aromatic N) is 1. The highest BCUT2D eigenvalue weighted by Crippen LogP contribution is 2.44. The zero-order chi connectivity index (χ0) is 21.3. The molecule has 4 rings (SSSR count). The highest BCUT2D eigenvalue weighted by Gasteiger charge is 2.40. The van der Waals surface area contributed by atoms with Crippen LogP contribution in [0.1, 0.15) is 25.7 Å². The van der Waals surface area contributed by atoms with Crippen LogP contribution in [0.25, 0.3) is 0 Å². The first-order chi connectivity index (χ1) is 14.4. The molecule has 0 heterocycles. The maximum atomic E-state index is 13.4. The van der Waals surface area contributed by atoms with E-state index < -0.39 is 10.0 Å². The normalized spacial score (nSPS) is 22.7. The van der Waals surface area contributed by atoms with E-state index in [1.54, 1.807) is 36.4 Å². The van der Waals surface area contributed by atoms with Crippen molar-refractivity contribution in [2.75, 3.05) is 18.0 Å². The topological polar surface area (TPSA) is 75.7 Å². The lowest BCUT2D eigenvalue weighted by atomic mass is 9.95. The van der Waals surface area contributed by atoms with Crippen LogP contribution in [0.2, 0.25) is 5.02 Å². The van der Waals surface area contributed by atoms with Gasteiger partial charge in [-0.3, -0.25) is 9.10 Å². The second-order valence-corrected chi connectivity index (χ2v) is 10.3. The Morgan fingerprint density at radius 2 is 1.80 bits per heavy atom. The zero-order valence-electron chi connectivity index (χ0n) is 16.8. The summed E-state index contributed by atoms with van der Waals surface area (Å²) in [5.74, 6) is 1.47. The minimum atomic E-state index is -3.96. The summed E-state index contributed by atoms with van der Waals surface area (Å²) >= 11 is 5.98. The van der Waals surface area contributed by atoms with Gasteiger partial charge in [-0.1, -0.05) is 18.0 Å². The number of carbonyl (C=O) groups is 1. The van der Waals surface area contributed by atoms with E-state index in [2.05, 4.69) is 5.32 Å². The van der Waals surface area contributed by atoms with Crippen LogP contribution in [0.5, 0.6) is 5.75 Å². The number of ether oxygens (including phenoxy) is 1. The van der Waals surface area contributed by atoms with E-state index in [9.17, 15) is 13.2 Å². The third-order valence-corrected chi connectivity index (χ3v) is 8.17. The van der Waals surface area contributed by atoms with Crippen LogP contribution in [-0.4, -0.2) is 34.0 Å². The molecule has 30 heavy (non-hydrogen) atoms. The van der Waals surface area contributed by atoms with E-state index in [-0.39, 0.29) is 23.4 Å². The summed E-state index contributed by atoms with van der Waals surface area (Å²) in [6.45, 7) is -0.288. The number of nitrogens with one attached hydrogen (secondary N) is 1. The molecule has 0 unspecified atom stereocenters. The van der Waals surface area contributed by atoms with Crippen molar-refractivity contribution in [3.05, 3.63) is 53.6 Å². The van der Waals surface area contributed by atoms with Gasteiger partial charge in [0.25, 0.3) is 10.0 Å². The molecule has 2 aromatic rings. The van der Waals surface area contributed by atoms with Crippen molar-refractivity contribution in [1.29, 1.82) is 0 Å². The maximum absolute atomic E-state index is 13.4. The molecule has 8 heteroatoms. The van der Waals surface area contributed by atoms with E-state index in [1.165, 1.54) is 25.7 Å². The number of sulfonamides is 1. The quantitative estimate of drug-likeness (QED) is 0.698. The number of carbonyl (C=O) groups excluding carboxylic acids is 1. The molecule has 0 saturated heterocycles. The summed E-state index contributed by atoms with van der Waals surface area (Å²) in [5, 5.41) is 3.57. The average molecular weight is 449 g/mol. The Balaban J connectivity index is 1.58. The Kier molecular flexibility index (Phi) is 5.93. The molecule has 2 fully saturated rings. The van der Waals surface area contributed by atoms with Crippen molar-refractivity contribution < 1.29 is 17.9 Å². The number of methoxy groups -OCH3 is 1. The molecule has 0 radical (unpaired) electrons. The predicted octanol–water partition coefficient (Wildman–Crippen LogP) is 3.85. The first-order valence-electron chi connectivity index (χ1n) is 10.1. The van der Waals surface area contributed by atoms with Gasteiger partial charge in [0.15, 0.2) is 0 Å². The smallest absolute Gasteiger partial charge is 0.264 e. The molecule has 1 amide bonds. The van der Waals surface area contributed by atoms with Crippen molar-refractivity contribution in [3.8, 4) is 5.75 Å². The first kappa shape index (κ1) is 21.0. The summed E-state index contributed by atoms with van der Waals surface area (Å²) < 4.78 is 33.0. The largest absolute Gasteiger partial charge is 0.497 e. The summed E-state index contributed by atoms with van der Waals surface area (Å²) in [7, 11) is -2.44. The third-order valence-electron chi connectivity index (χ3n) is 6.13. The number of halogens is 1. The van der Waals surface area contributed by atoms with E-state index in [0.29, 0.717) is 28.3 Å². The molecule has 0 aliphatic heterocycles. The van der Waals surface area contributed by atoms with Crippen LogP contribution < -0.4 is 14.4 Å². The minimum absolute atomic E-state index is 0.0889. The van der Waals surface area contributed by atoms with Crippen molar-refractivity contribution >= 4 is 33.2 Å². The SMILES string of the molecule is COc1ccc(S(=O)(=O)N(CC(=O)N[C@H]2C[C@@H]3CC[C@H]2C3)c2ccc(Cl)cc2)cc1. The summed E-state index contributed by atoms with van der Waals surface area (Å²) in [6.07, 6.45) is 4.53. The molecule has 3 atom stereocenters. The Hall–Kier alpha value is -2.25. The Labute approximate surface area is 182 Å². The lowest BCUT2D eigenvalue weighted by Crippen LogP contribution is -2.45. The molecule has 160 valence electrons. The van der Waals surface area contributed by atoms with Gasteiger partial charge in [0, 0.05) is 11.1 Å². The standard InChI is InChI=1S/C22H25ClN2O4S/c1-29-19-8-10-20(11-9-19)30(27,28)25(18-6-4-17(23)5-7-18)14-22(26)24-21-13-15-2-3-16(21)12-15/h4-11,15-16,21H,2-3,12-14H2,1H3,(H,24,26)/t15-,16+,21+/m1/s1. The fourth-order valence-electron chi connectivity index (χ4n) is 4.60. The number of hydrogen-bond acceptors (Lipinski definition) is 4. The Bertz CT molecular complexity index is 1010. The monoisotopic (exact) mass is 448 g/mol. The van der Waals surface area contributed by atoms with Gasteiger partial charge in [0.1, 0.15) is 12.3 Å². The summed E-state index contributed by atoms with van der Waals surface area (Å²) in [6, 6.07) is 12.7. The minimum Gasteiger partial charge on any atom is -0.497 e. The molecular formula is C22H25ClN2O4S. The molecule has 2 bridgehead atoms. The fraction of sp³-hybridized carbons (Fsp3) is 0.409. The molecule has 0 aromatic heterocycles. The first-order valence-corrected chi connectivity index (χ1v) is 11.9. The van der Waals surface area contributed by atoms with Gasteiger partial charge >= 0.3 is 0 Å². The second kappa shape index (κ2) is 8.47. The highest BCUT2D eigenvalue weighted by atomic mass is 35.5. The third kappa shape index (κ3) is 4.27. The molecule has 2 aromatic carbocycles. The summed E-state index contributed by atoms with van der Waals surface area (Å²) in [4.78, 5) is 12.9. The molecule has 6 nitrogen and oxygen atoms in total. The number of benzene rings is 2. The van der Waals surface area contributed by atoms with Crippen LogP contribution in [0.3, 0.4) is 0 Å². The molecular weight excluding hydrogens is 424 g/mol. The van der Waals surface area contributed by atoms with Crippen molar-refractivity contribution in [1.82, 2.24) is 5.32 Å². The number of fused-ring (bicyclic) bond motifs is 2. The van der Waals surface area contributed by atoms with E-state index in [1.807, 2.05) is 0 Å². The van der Waals surface area contributed by atoms with E-state index >= 15 is 0 Å². The molecule has 0 spiro atoms. The number of amides is 1. The fourth-order valence-corrected chi connectivity index (χ4v) is 6.15. The van der Waals surface area contributed by atoms with Crippen molar-refractivity contribution in [2.24, 2.45) is 11.8 Å². The van der Waals surface area contributed by atoms with E-state index in [0.717, 1.165) is 23.6 Å². The van der Waals surface area contributed by atoms with Gasteiger partial charge in [-0.15, -0.1) is 0 Å². The van der Waals surface area contributed by atoms with Gasteiger partial charge in [-0.25, -0.2) is 8.42 Å². The highest BCUT2D eigenvalue weighted by molar-refractivity contribution is 7.92. The van der Waals surface area contributed by atoms with Crippen LogP contribution in [0.4, 0.5) is 5.69 Å². The number of anilines is 1. The summed E-state index contributed by atoms with van der Waals surface area (Å²) in [5.41, 5.74) is 0.387. The molecule has 1 N–H and O–H groups in total. The van der Waals surface area contributed by atoms with E-state index in [4.69, 9.17) is 16.3 Å². The lowest BCUT2D eigenvalue weighted by Gasteiger charge is -2.27. The Morgan fingerprint density at radius 1 is 1.10 bits per heavy atom. The van der Waals surface area contributed by atoms with Gasteiger partial charge < -0.3 is 10.1 Å².